The van der Waals surface area contributed by atoms with Crippen molar-refractivity contribution in [3.05, 3.63) is 35.9 Å². The van der Waals surface area contributed by atoms with Gasteiger partial charge in [-0.3, -0.25) is 19.2 Å². The van der Waals surface area contributed by atoms with Crippen LogP contribution in [0.5, 0.6) is 0 Å². The van der Waals surface area contributed by atoms with Gasteiger partial charge in [-0.05, 0) is 37.2 Å². The maximum absolute atomic E-state index is 12.9. The number of carbonyl (C=O) groups excluding carboxylic acids is 5. The number of benzene rings is 1. The maximum atomic E-state index is 12.9. The van der Waals surface area contributed by atoms with Crippen molar-refractivity contribution in [2.24, 2.45) is 17.1 Å². The lowest BCUT2D eigenvalue weighted by molar-refractivity contribution is -0.146. The van der Waals surface area contributed by atoms with E-state index in [0.717, 1.165) is 18.4 Å². The van der Waals surface area contributed by atoms with Crippen LogP contribution in [0.2, 0.25) is 0 Å². The van der Waals surface area contributed by atoms with Crippen LogP contribution < -0.4 is 27.0 Å². The summed E-state index contributed by atoms with van der Waals surface area (Å²) >= 11 is 0. The Bertz CT molecular complexity index is 1050. The second-order valence-corrected chi connectivity index (χ2v) is 11.3. The molecular formula is C28H43N7O5. The molecule has 3 rings (SSSR count). The summed E-state index contributed by atoms with van der Waals surface area (Å²) in [5, 5.41) is 10.5. The first-order valence-corrected chi connectivity index (χ1v) is 13.9. The fourth-order valence-electron chi connectivity index (χ4n) is 5.20. The molecule has 2 aliphatic rings. The van der Waals surface area contributed by atoms with Gasteiger partial charge in [-0.1, -0.05) is 44.2 Å². The molecule has 6 N–H and O–H groups in total. The van der Waals surface area contributed by atoms with Crippen molar-refractivity contribution in [1.82, 2.24) is 31.1 Å². The molecule has 0 aliphatic carbocycles. The molecule has 6 amide bonds. The van der Waals surface area contributed by atoms with E-state index in [4.69, 9.17) is 5.73 Å². The van der Waals surface area contributed by atoms with Crippen LogP contribution in [0.4, 0.5) is 4.79 Å². The number of likely N-dealkylation sites (tertiary alicyclic amines) is 2. The summed E-state index contributed by atoms with van der Waals surface area (Å²) in [6, 6.07) is 7.62. The lowest BCUT2D eigenvalue weighted by Gasteiger charge is -2.53. The molecule has 1 aromatic rings. The van der Waals surface area contributed by atoms with Crippen LogP contribution in [0.25, 0.3) is 0 Å². The van der Waals surface area contributed by atoms with Gasteiger partial charge in [0.1, 0.15) is 6.04 Å². The maximum Gasteiger partial charge on any atom is 0.317 e. The van der Waals surface area contributed by atoms with E-state index >= 15 is 0 Å². The van der Waals surface area contributed by atoms with E-state index in [9.17, 15) is 24.0 Å². The molecule has 2 heterocycles. The highest BCUT2D eigenvalue weighted by molar-refractivity contribution is 5.92. The molecule has 0 aromatic heterocycles. The summed E-state index contributed by atoms with van der Waals surface area (Å²) in [7, 11) is 1.61. The summed E-state index contributed by atoms with van der Waals surface area (Å²) in [5.74, 6) is -1.49. The standard InChI is InChI=1S/C28H43N7O5/c1-19(2)13-22(33-23(36)15-31-25(38)21(29)14-20-7-5-4-6-8-20)26(39)32-16-24(37)35-17-28(18-35)9-11-34(12-10-28)27(40)30-3/h4-8,19,21-22H,9-18,29H2,1-3H3,(H,30,40)(H,31,38)(H,32,39)(H,33,36). The van der Waals surface area contributed by atoms with Crippen LogP contribution in [0, 0.1) is 11.3 Å². The quantitative estimate of drug-likeness (QED) is 0.248. The molecule has 220 valence electrons. The third kappa shape index (κ3) is 8.67. The molecule has 2 saturated heterocycles. The second kappa shape index (κ2) is 14.1. The van der Waals surface area contributed by atoms with Gasteiger partial charge in [0.15, 0.2) is 0 Å². The minimum Gasteiger partial charge on any atom is -0.346 e. The summed E-state index contributed by atoms with van der Waals surface area (Å²) in [6.45, 7) is 5.93. The SMILES string of the molecule is CNC(=O)N1CCC2(CC1)CN(C(=O)CNC(=O)C(CC(C)C)NC(=O)CNC(=O)C(N)Cc1ccccc1)C2. The number of piperidine rings is 1. The largest absolute Gasteiger partial charge is 0.346 e. The van der Waals surface area contributed by atoms with Gasteiger partial charge < -0.3 is 36.8 Å². The smallest absolute Gasteiger partial charge is 0.317 e. The number of urea groups is 1. The first kappa shape index (κ1) is 30.9. The number of amides is 6. The number of nitrogens with two attached hydrogens (primary N) is 1. The molecule has 40 heavy (non-hydrogen) atoms. The average molecular weight is 558 g/mol. The van der Waals surface area contributed by atoms with Gasteiger partial charge in [-0.2, -0.15) is 0 Å². The van der Waals surface area contributed by atoms with Gasteiger partial charge >= 0.3 is 6.03 Å². The topological polar surface area (TPSA) is 166 Å². The predicted molar refractivity (Wildman–Crippen MR) is 150 cm³/mol. The zero-order chi connectivity index (χ0) is 29.3. The zero-order valence-electron chi connectivity index (χ0n) is 23.7. The highest BCUT2D eigenvalue weighted by atomic mass is 16.2. The highest BCUT2D eigenvalue weighted by Crippen LogP contribution is 2.40. The number of hydrogen-bond acceptors (Lipinski definition) is 6. The van der Waals surface area contributed by atoms with Crippen molar-refractivity contribution in [3.8, 4) is 0 Å². The third-order valence-electron chi connectivity index (χ3n) is 7.56. The van der Waals surface area contributed by atoms with Crippen molar-refractivity contribution in [2.75, 3.05) is 46.3 Å². The Labute approximate surface area is 235 Å². The minimum atomic E-state index is -0.841. The Kier molecular flexibility index (Phi) is 10.9. The Balaban J connectivity index is 1.40. The minimum absolute atomic E-state index is 0.0341. The highest BCUT2D eigenvalue weighted by Gasteiger charge is 2.47. The van der Waals surface area contributed by atoms with Gasteiger partial charge in [0.2, 0.25) is 23.6 Å². The Morgan fingerprint density at radius 2 is 1.55 bits per heavy atom. The van der Waals surface area contributed by atoms with Crippen LogP contribution in [-0.4, -0.2) is 97.9 Å². The van der Waals surface area contributed by atoms with Crippen LogP contribution in [0.3, 0.4) is 0 Å². The van der Waals surface area contributed by atoms with Gasteiger partial charge in [0.25, 0.3) is 0 Å². The fourth-order valence-corrected chi connectivity index (χ4v) is 5.20. The number of carbonyl (C=O) groups is 5. The molecular weight excluding hydrogens is 514 g/mol. The molecule has 1 aromatic carbocycles. The van der Waals surface area contributed by atoms with Gasteiger partial charge in [-0.25, -0.2) is 4.79 Å². The van der Waals surface area contributed by atoms with Crippen molar-refractivity contribution < 1.29 is 24.0 Å². The summed E-state index contributed by atoms with van der Waals surface area (Å²) < 4.78 is 0. The molecule has 2 aliphatic heterocycles. The monoisotopic (exact) mass is 557 g/mol. The van der Waals surface area contributed by atoms with Crippen molar-refractivity contribution >= 4 is 29.7 Å². The molecule has 2 fully saturated rings. The van der Waals surface area contributed by atoms with E-state index in [1.807, 2.05) is 44.2 Å². The van der Waals surface area contributed by atoms with E-state index in [1.165, 1.54) is 0 Å². The number of nitrogens with one attached hydrogen (secondary N) is 4. The van der Waals surface area contributed by atoms with Crippen molar-refractivity contribution in [2.45, 2.75) is 51.6 Å². The van der Waals surface area contributed by atoms with Gasteiger partial charge in [-0.15, -0.1) is 0 Å². The Hall–Kier alpha value is -3.67. The van der Waals surface area contributed by atoms with E-state index < -0.39 is 29.8 Å². The van der Waals surface area contributed by atoms with Gasteiger partial charge in [0.05, 0.1) is 19.1 Å². The van der Waals surface area contributed by atoms with E-state index in [0.29, 0.717) is 39.0 Å². The summed E-state index contributed by atoms with van der Waals surface area (Å²) in [5.41, 5.74) is 6.92. The third-order valence-corrected chi connectivity index (χ3v) is 7.56. The fraction of sp³-hybridized carbons (Fsp3) is 0.607. The molecule has 2 unspecified atom stereocenters. The van der Waals surface area contributed by atoms with Crippen LogP contribution in [0.15, 0.2) is 30.3 Å². The number of hydrogen-bond donors (Lipinski definition) is 5. The lowest BCUT2D eigenvalue weighted by Crippen LogP contribution is -2.64. The molecule has 0 bridgehead atoms. The molecule has 0 radical (unpaired) electrons. The molecule has 12 nitrogen and oxygen atoms in total. The van der Waals surface area contributed by atoms with Crippen LogP contribution >= 0.6 is 0 Å². The van der Waals surface area contributed by atoms with E-state index in [1.54, 1.807) is 16.8 Å². The zero-order valence-corrected chi connectivity index (χ0v) is 23.7. The number of nitrogens with zero attached hydrogens (tertiary/aromatic N) is 2. The first-order valence-electron chi connectivity index (χ1n) is 13.9. The summed E-state index contributed by atoms with van der Waals surface area (Å²) in [4.78, 5) is 65.8. The lowest BCUT2D eigenvalue weighted by atomic mass is 9.72. The van der Waals surface area contributed by atoms with E-state index in [2.05, 4.69) is 21.3 Å². The summed E-state index contributed by atoms with van der Waals surface area (Å²) in [6.07, 6.45) is 2.40. The van der Waals surface area contributed by atoms with Gasteiger partial charge in [0, 0.05) is 38.6 Å². The molecule has 0 saturated carbocycles. The predicted octanol–water partition coefficient (Wildman–Crippen LogP) is -0.416. The Morgan fingerprint density at radius 3 is 2.15 bits per heavy atom. The normalized spacial score (nSPS) is 17.4. The second-order valence-electron chi connectivity index (χ2n) is 11.3. The van der Waals surface area contributed by atoms with Crippen molar-refractivity contribution in [3.63, 3.8) is 0 Å². The van der Waals surface area contributed by atoms with Crippen molar-refractivity contribution in [1.29, 1.82) is 0 Å². The first-order chi connectivity index (χ1) is 19.0. The molecule has 1 spiro atoms. The Morgan fingerprint density at radius 1 is 0.925 bits per heavy atom. The van der Waals surface area contributed by atoms with Crippen LogP contribution in [-0.2, 0) is 25.6 Å². The van der Waals surface area contributed by atoms with Crippen LogP contribution in [0.1, 0.15) is 38.7 Å². The molecule has 12 heteroatoms. The van der Waals surface area contributed by atoms with E-state index in [-0.39, 0.29) is 36.4 Å². The average Bonchev–Trinajstić information content (AvgIpc) is 2.92. The molecule has 2 atom stereocenters. The number of rotatable bonds is 11.